The highest BCUT2D eigenvalue weighted by Crippen LogP contribution is 2.24. The van der Waals surface area contributed by atoms with Gasteiger partial charge >= 0.3 is 5.97 Å². The number of ether oxygens (including phenoxy) is 2. The van der Waals surface area contributed by atoms with Crippen molar-refractivity contribution in [1.82, 2.24) is 4.57 Å². The first-order chi connectivity index (χ1) is 12.4. The summed E-state index contributed by atoms with van der Waals surface area (Å²) < 4.78 is 12.2. The average Bonchev–Trinajstić information content (AvgIpc) is 2.87. The quantitative estimate of drug-likeness (QED) is 0.432. The van der Waals surface area contributed by atoms with Gasteiger partial charge in [0.2, 0.25) is 0 Å². The number of carbonyl (C=O) groups is 1. The van der Waals surface area contributed by atoms with Crippen LogP contribution in [0, 0.1) is 25.2 Å². The number of benzene rings is 1. The smallest absolute Gasteiger partial charge is 0.349 e. The van der Waals surface area contributed by atoms with Crippen molar-refractivity contribution < 1.29 is 14.3 Å². The van der Waals surface area contributed by atoms with Gasteiger partial charge in [-0.15, -0.1) is 0 Å². The van der Waals surface area contributed by atoms with Crippen molar-refractivity contribution >= 4 is 23.6 Å². The summed E-state index contributed by atoms with van der Waals surface area (Å²) in [5, 5.41) is 10.0. The molecule has 0 saturated heterocycles. The van der Waals surface area contributed by atoms with E-state index in [0.717, 1.165) is 22.6 Å². The topological polar surface area (TPSA) is 64.2 Å². The fourth-order valence-corrected chi connectivity index (χ4v) is 2.85. The normalized spacial score (nSPS) is 12.5. The minimum atomic E-state index is -0.659. The third-order valence-electron chi connectivity index (χ3n) is 3.90. The molecule has 6 heteroatoms. The monoisotopic (exact) mass is 372 g/mol. The van der Waals surface area contributed by atoms with Gasteiger partial charge in [0.25, 0.3) is 0 Å². The van der Waals surface area contributed by atoms with E-state index < -0.39 is 12.1 Å². The summed E-state index contributed by atoms with van der Waals surface area (Å²) in [4.78, 5) is 12.2. The van der Waals surface area contributed by atoms with E-state index >= 15 is 0 Å². The molecule has 0 fully saturated rings. The van der Waals surface area contributed by atoms with Crippen molar-refractivity contribution in [3.63, 3.8) is 0 Å². The summed E-state index contributed by atoms with van der Waals surface area (Å²) in [5.74, 6) is -0.659. The van der Waals surface area contributed by atoms with Gasteiger partial charge in [0.05, 0.1) is 6.61 Å². The number of nitriles is 1. The van der Waals surface area contributed by atoms with Crippen molar-refractivity contribution in [1.29, 1.82) is 5.26 Å². The van der Waals surface area contributed by atoms with Gasteiger partial charge in [0, 0.05) is 29.2 Å². The van der Waals surface area contributed by atoms with E-state index in [9.17, 15) is 10.1 Å². The van der Waals surface area contributed by atoms with Crippen LogP contribution in [-0.4, -0.2) is 30.4 Å². The summed E-state index contributed by atoms with van der Waals surface area (Å²) in [7, 11) is 1.52. The van der Waals surface area contributed by atoms with Crippen LogP contribution < -0.4 is 0 Å². The van der Waals surface area contributed by atoms with Crippen molar-refractivity contribution in [2.45, 2.75) is 26.9 Å². The lowest BCUT2D eigenvalue weighted by atomic mass is 10.1. The van der Waals surface area contributed by atoms with Gasteiger partial charge in [-0.2, -0.15) is 5.26 Å². The second-order valence-electron chi connectivity index (χ2n) is 5.98. The maximum absolute atomic E-state index is 12.2. The first kappa shape index (κ1) is 19.8. The largest absolute Gasteiger partial charge is 0.456 e. The Bertz CT molecular complexity index is 860. The zero-order chi connectivity index (χ0) is 19.3. The maximum Gasteiger partial charge on any atom is 0.349 e. The Morgan fingerprint density at radius 2 is 2.00 bits per heavy atom. The average molecular weight is 373 g/mol. The van der Waals surface area contributed by atoms with Crippen LogP contribution in [-0.2, 0) is 14.3 Å². The lowest BCUT2D eigenvalue weighted by Crippen LogP contribution is -2.20. The summed E-state index contributed by atoms with van der Waals surface area (Å²) in [6.07, 6.45) is 1.13. The first-order valence-corrected chi connectivity index (χ1v) is 8.51. The molecule has 0 saturated carbocycles. The van der Waals surface area contributed by atoms with Gasteiger partial charge in [0.15, 0.2) is 0 Å². The maximum atomic E-state index is 12.2. The van der Waals surface area contributed by atoms with Crippen LogP contribution in [0.1, 0.15) is 23.9 Å². The second-order valence-corrected chi connectivity index (χ2v) is 6.42. The molecule has 0 amide bonds. The number of nitrogens with zero attached hydrogens (tertiary/aromatic N) is 2. The number of hydrogen-bond donors (Lipinski definition) is 0. The van der Waals surface area contributed by atoms with Crippen LogP contribution in [0.4, 0.5) is 0 Å². The molecule has 0 radical (unpaired) electrons. The summed E-state index contributed by atoms with van der Waals surface area (Å²) in [6, 6.07) is 11.3. The molecule has 0 spiro atoms. The molecule has 0 unspecified atom stereocenters. The number of aromatic nitrogens is 1. The molecule has 1 heterocycles. The van der Waals surface area contributed by atoms with Crippen molar-refractivity contribution in [3.8, 4) is 11.8 Å². The molecular weight excluding hydrogens is 352 g/mol. The first-order valence-electron chi connectivity index (χ1n) is 8.14. The Morgan fingerprint density at radius 1 is 1.35 bits per heavy atom. The molecular formula is C20H21ClN2O3. The molecule has 1 aromatic carbocycles. The van der Waals surface area contributed by atoms with E-state index in [4.69, 9.17) is 21.1 Å². The van der Waals surface area contributed by atoms with E-state index in [0.29, 0.717) is 5.02 Å². The lowest BCUT2D eigenvalue weighted by molar-refractivity contribution is -0.145. The van der Waals surface area contributed by atoms with E-state index in [-0.39, 0.29) is 12.2 Å². The van der Waals surface area contributed by atoms with Gasteiger partial charge in [-0.1, -0.05) is 11.6 Å². The van der Waals surface area contributed by atoms with Gasteiger partial charge in [0.1, 0.15) is 17.7 Å². The van der Waals surface area contributed by atoms with Crippen molar-refractivity contribution in [2.75, 3.05) is 13.7 Å². The number of hydrogen-bond acceptors (Lipinski definition) is 4. The zero-order valence-corrected chi connectivity index (χ0v) is 16.0. The van der Waals surface area contributed by atoms with E-state index in [1.54, 1.807) is 13.0 Å². The van der Waals surface area contributed by atoms with Crippen LogP contribution >= 0.6 is 11.6 Å². The summed E-state index contributed by atoms with van der Waals surface area (Å²) in [6.45, 7) is 5.88. The third-order valence-corrected chi connectivity index (χ3v) is 4.16. The number of methoxy groups -OCH3 is 1. The molecule has 0 N–H and O–H groups in total. The molecule has 0 aliphatic heterocycles. The Balaban J connectivity index is 2.35. The zero-order valence-electron chi connectivity index (χ0n) is 15.2. The highest BCUT2D eigenvalue weighted by Gasteiger charge is 2.17. The van der Waals surface area contributed by atoms with Crippen LogP contribution in [0.25, 0.3) is 11.8 Å². The Labute approximate surface area is 158 Å². The predicted molar refractivity (Wildman–Crippen MR) is 101 cm³/mol. The highest BCUT2D eigenvalue weighted by atomic mass is 35.5. The molecule has 0 bridgehead atoms. The van der Waals surface area contributed by atoms with Gasteiger partial charge in [-0.05, 0) is 62.7 Å². The fourth-order valence-electron chi connectivity index (χ4n) is 2.73. The van der Waals surface area contributed by atoms with Gasteiger partial charge in [-0.25, -0.2) is 4.79 Å². The molecule has 5 nitrogen and oxygen atoms in total. The van der Waals surface area contributed by atoms with Crippen LogP contribution in [0.5, 0.6) is 0 Å². The highest BCUT2D eigenvalue weighted by molar-refractivity contribution is 6.30. The van der Waals surface area contributed by atoms with E-state index in [1.807, 2.05) is 54.8 Å². The molecule has 0 aliphatic rings. The fraction of sp³-hybridized carbons (Fsp3) is 0.300. The van der Waals surface area contributed by atoms with E-state index in [2.05, 4.69) is 0 Å². The molecule has 2 aromatic rings. The Kier molecular flexibility index (Phi) is 6.62. The third kappa shape index (κ3) is 4.54. The summed E-state index contributed by atoms with van der Waals surface area (Å²) >= 11 is 5.96. The molecule has 136 valence electrons. The molecule has 2 rings (SSSR count). The molecule has 0 aliphatic carbocycles. The van der Waals surface area contributed by atoms with Crippen LogP contribution in [0.15, 0.2) is 35.9 Å². The number of rotatable bonds is 6. The van der Waals surface area contributed by atoms with Gasteiger partial charge < -0.3 is 14.0 Å². The van der Waals surface area contributed by atoms with E-state index in [1.165, 1.54) is 7.11 Å². The SMILES string of the molecule is COC[C@@H](C)OC(=O)/C(C#N)=C/c1cc(C)n(-c2ccc(Cl)cc2)c1C. The Hall–Kier alpha value is -2.55. The van der Waals surface area contributed by atoms with Crippen LogP contribution in [0.2, 0.25) is 5.02 Å². The molecule has 1 atom stereocenters. The van der Waals surface area contributed by atoms with Gasteiger partial charge in [-0.3, -0.25) is 0 Å². The number of aryl methyl sites for hydroxylation is 1. The molecule has 26 heavy (non-hydrogen) atoms. The second kappa shape index (κ2) is 8.70. The number of halogens is 1. The predicted octanol–water partition coefficient (Wildman–Crippen LogP) is 4.23. The number of carbonyl (C=O) groups excluding carboxylic acids is 1. The standard InChI is InChI=1S/C20H21ClN2O3/c1-13-9-16(10-17(11-22)20(24)26-14(2)12-25-4)15(3)23(13)19-7-5-18(21)6-8-19/h5-10,14H,12H2,1-4H3/b17-10+/t14-/m1/s1. The van der Waals surface area contributed by atoms with Crippen LogP contribution in [0.3, 0.4) is 0 Å². The molecule has 1 aromatic heterocycles. The summed E-state index contributed by atoms with van der Waals surface area (Å²) in [5.41, 5.74) is 3.58. The minimum absolute atomic E-state index is 0.0516. The minimum Gasteiger partial charge on any atom is -0.456 e. The van der Waals surface area contributed by atoms with Crippen molar-refractivity contribution in [3.05, 3.63) is 57.9 Å². The Morgan fingerprint density at radius 3 is 2.58 bits per heavy atom. The van der Waals surface area contributed by atoms with Crippen molar-refractivity contribution in [2.24, 2.45) is 0 Å². The number of esters is 1. The lowest BCUT2D eigenvalue weighted by Gasteiger charge is -2.11.